The maximum Gasteiger partial charge on any atom is 0.337 e. The van der Waals surface area contributed by atoms with Crippen molar-refractivity contribution in [3.8, 4) is 0 Å². The fraction of sp³-hybridized carbons (Fsp3) is 0. The summed E-state index contributed by atoms with van der Waals surface area (Å²) in [4.78, 5) is 23.8. The maximum atomic E-state index is 12.6. The molecule has 0 heterocycles. The molecule has 0 aromatic heterocycles. The largest absolute Gasteiger partial charge is 0.478 e. The van der Waals surface area contributed by atoms with Gasteiger partial charge in [0, 0.05) is 16.0 Å². The van der Waals surface area contributed by atoms with Gasteiger partial charge in [-0.3, -0.25) is 10.1 Å². The van der Waals surface area contributed by atoms with Crippen molar-refractivity contribution in [2.24, 2.45) is 0 Å². The van der Waals surface area contributed by atoms with Crippen molar-refractivity contribution in [3.05, 3.63) is 76.8 Å². The van der Waals surface area contributed by atoms with Crippen molar-refractivity contribution in [2.75, 3.05) is 5.32 Å². The summed E-state index contributed by atoms with van der Waals surface area (Å²) < 4.78 is 0. The molecular formula is C19H13ClN2O3S. The van der Waals surface area contributed by atoms with Gasteiger partial charge in [0.1, 0.15) is 0 Å². The van der Waals surface area contributed by atoms with Crippen LogP contribution in [-0.4, -0.2) is 22.1 Å². The summed E-state index contributed by atoms with van der Waals surface area (Å²) in [6, 6.07) is 16.8. The van der Waals surface area contributed by atoms with Crippen molar-refractivity contribution in [2.45, 2.75) is 0 Å². The van der Waals surface area contributed by atoms with E-state index in [0.29, 0.717) is 21.7 Å². The molecule has 0 bridgehead atoms. The number of hydrogen-bond acceptors (Lipinski definition) is 3. The van der Waals surface area contributed by atoms with Crippen LogP contribution in [0.1, 0.15) is 20.7 Å². The Morgan fingerprint density at radius 2 is 1.54 bits per heavy atom. The van der Waals surface area contributed by atoms with Crippen molar-refractivity contribution >= 4 is 57.3 Å². The number of carboxylic acids is 1. The van der Waals surface area contributed by atoms with E-state index in [1.807, 2.05) is 6.07 Å². The number of aromatic carboxylic acids is 1. The number of amides is 1. The van der Waals surface area contributed by atoms with Crippen molar-refractivity contribution < 1.29 is 14.7 Å². The Kier molecular flexibility index (Phi) is 5.16. The quantitative estimate of drug-likeness (QED) is 0.586. The summed E-state index contributed by atoms with van der Waals surface area (Å²) in [5.41, 5.74) is 0.771. The Labute approximate surface area is 159 Å². The summed E-state index contributed by atoms with van der Waals surface area (Å²) in [6.07, 6.45) is 0. The molecule has 7 heteroatoms. The zero-order valence-electron chi connectivity index (χ0n) is 13.3. The first kappa shape index (κ1) is 17.8. The van der Waals surface area contributed by atoms with Crippen molar-refractivity contribution in [1.82, 2.24) is 5.32 Å². The van der Waals surface area contributed by atoms with E-state index in [9.17, 15) is 14.7 Å². The molecule has 26 heavy (non-hydrogen) atoms. The molecule has 0 saturated heterocycles. The van der Waals surface area contributed by atoms with Crippen LogP contribution < -0.4 is 10.6 Å². The minimum Gasteiger partial charge on any atom is -0.478 e. The number of fused-ring (bicyclic) bond motifs is 1. The second-order valence-corrected chi connectivity index (χ2v) is 6.21. The fourth-order valence-corrected chi connectivity index (χ4v) is 3.01. The highest BCUT2D eigenvalue weighted by Gasteiger charge is 2.14. The lowest BCUT2D eigenvalue weighted by Crippen LogP contribution is -2.34. The predicted molar refractivity (Wildman–Crippen MR) is 106 cm³/mol. The third kappa shape index (κ3) is 3.66. The molecule has 0 saturated carbocycles. The smallest absolute Gasteiger partial charge is 0.337 e. The van der Waals surface area contributed by atoms with Gasteiger partial charge in [0.2, 0.25) is 0 Å². The average Bonchev–Trinajstić information content (AvgIpc) is 2.61. The lowest BCUT2D eigenvalue weighted by Gasteiger charge is -2.12. The second-order valence-electron chi connectivity index (χ2n) is 5.40. The SMILES string of the molecule is O=C(O)c1ccccc1NC(=S)NC(=O)c1cccc2c(Cl)cccc12. The van der Waals surface area contributed by atoms with Crippen LogP contribution in [0.2, 0.25) is 5.02 Å². The van der Waals surface area contributed by atoms with Gasteiger partial charge in [-0.05, 0) is 41.9 Å². The van der Waals surface area contributed by atoms with E-state index in [-0.39, 0.29) is 10.7 Å². The number of para-hydroxylation sites is 1. The molecule has 3 N–H and O–H groups in total. The maximum absolute atomic E-state index is 12.6. The van der Waals surface area contributed by atoms with Crippen LogP contribution in [0.3, 0.4) is 0 Å². The van der Waals surface area contributed by atoms with Gasteiger partial charge in [0.25, 0.3) is 5.91 Å². The zero-order chi connectivity index (χ0) is 18.7. The Morgan fingerprint density at radius 3 is 2.31 bits per heavy atom. The standard InChI is InChI=1S/C19H13ClN2O3S/c20-15-9-4-6-11-12(15)7-3-8-13(11)17(23)22-19(26)21-16-10-2-1-5-14(16)18(24)25/h1-10H,(H,24,25)(H2,21,22,23,26). The van der Waals surface area contributed by atoms with E-state index >= 15 is 0 Å². The molecular weight excluding hydrogens is 372 g/mol. The average molecular weight is 385 g/mol. The van der Waals surface area contributed by atoms with Crippen LogP contribution in [0, 0.1) is 0 Å². The van der Waals surface area contributed by atoms with Gasteiger partial charge in [0.15, 0.2) is 5.11 Å². The van der Waals surface area contributed by atoms with Crippen LogP contribution in [-0.2, 0) is 0 Å². The lowest BCUT2D eigenvalue weighted by atomic mass is 10.0. The third-order valence-electron chi connectivity index (χ3n) is 3.75. The Morgan fingerprint density at radius 1 is 0.885 bits per heavy atom. The molecule has 0 spiro atoms. The van der Waals surface area contributed by atoms with E-state index in [2.05, 4.69) is 10.6 Å². The van der Waals surface area contributed by atoms with Gasteiger partial charge >= 0.3 is 5.97 Å². The minimum atomic E-state index is -1.09. The molecule has 130 valence electrons. The lowest BCUT2D eigenvalue weighted by molar-refractivity contribution is 0.0698. The van der Waals surface area contributed by atoms with E-state index in [1.165, 1.54) is 6.07 Å². The second kappa shape index (κ2) is 7.51. The number of carboxylic acid groups (broad SMARTS) is 1. The number of benzene rings is 3. The first-order valence-corrected chi connectivity index (χ1v) is 8.38. The predicted octanol–water partition coefficient (Wildman–Crippen LogP) is 4.32. The molecule has 0 aliphatic heterocycles. The van der Waals surface area contributed by atoms with Gasteiger partial charge in [-0.25, -0.2) is 4.79 Å². The van der Waals surface area contributed by atoms with Crippen molar-refractivity contribution in [1.29, 1.82) is 0 Å². The Hall–Kier alpha value is -2.96. The monoisotopic (exact) mass is 384 g/mol. The van der Waals surface area contributed by atoms with Crippen LogP contribution in [0.5, 0.6) is 0 Å². The highest BCUT2D eigenvalue weighted by molar-refractivity contribution is 7.80. The number of hydrogen-bond donors (Lipinski definition) is 3. The number of thiocarbonyl (C=S) groups is 1. The third-order valence-corrected chi connectivity index (χ3v) is 4.28. The number of rotatable bonds is 3. The number of halogens is 1. The molecule has 0 aliphatic carbocycles. The Balaban J connectivity index is 1.82. The van der Waals surface area contributed by atoms with E-state index in [0.717, 1.165) is 5.39 Å². The number of carbonyl (C=O) groups excluding carboxylic acids is 1. The fourth-order valence-electron chi connectivity index (χ4n) is 2.57. The molecule has 0 fully saturated rings. The van der Waals surface area contributed by atoms with Crippen LogP contribution >= 0.6 is 23.8 Å². The summed E-state index contributed by atoms with van der Waals surface area (Å²) >= 11 is 11.3. The van der Waals surface area contributed by atoms with E-state index in [4.69, 9.17) is 23.8 Å². The molecule has 0 radical (unpaired) electrons. The van der Waals surface area contributed by atoms with Crippen LogP contribution in [0.25, 0.3) is 10.8 Å². The van der Waals surface area contributed by atoms with Crippen molar-refractivity contribution in [3.63, 3.8) is 0 Å². The van der Waals surface area contributed by atoms with E-state index < -0.39 is 11.9 Å². The molecule has 3 rings (SSSR count). The molecule has 0 unspecified atom stereocenters. The highest BCUT2D eigenvalue weighted by Crippen LogP contribution is 2.26. The molecule has 0 atom stereocenters. The zero-order valence-corrected chi connectivity index (χ0v) is 14.9. The summed E-state index contributed by atoms with van der Waals surface area (Å²) in [5, 5.41) is 16.5. The number of anilines is 1. The first-order valence-electron chi connectivity index (χ1n) is 7.59. The van der Waals surface area contributed by atoms with Gasteiger partial charge in [-0.1, -0.05) is 48.0 Å². The summed E-state index contributed by atoms with van der Waals surface area (Å²) in [6.45, 7) is 0. The van der Waals surface area contributed by atoms with Gasteiger partial charge in [-0.2, -0.15) is 0 Å². The molecule has 5 nitrogen and oxygen atoms in total. The van der Waals surface area contributed by atoms with Gasteiger partial charge < -0.3 is 10.4 Å². The Bertz CT molecular complexity index is 1040. The summed E-state index contributed by atoms with van der Waals surface area (Å²) in [5.74, 6) is -1.51. The van der Waals surface area contributed by atoms with Gasteiger partial charge in [-0.15, -0.1) is 0 Å². The van der Waals surface area contributed by atoms with Gasteiger partial charge in [0.05, 0.1) is 11.3 Å². The summed E-state index contributed by atoms with van der Waals surface area (Å²) in [7, 11) is 0. The topological polar surface area (TPSA) is 78.4 Å². The van der Waals surface area contributed by atoms with Crippen LogP contribution in [0.4, 0.5) is 5.69 Å². The molecule has 3 aromatic rings. The molecule has 1 amide bonds. The first-order chi connectivity index (χ1) is 12.5. The van der Waals surface area contributed by atoms with E-state index in [1.54, 1.807) is 48.5 Å². The molecule has 0 aliphatic rings. The van der Waals surface area contributed by atoms with Crippen LogP contribution in [0.15, 0.2) is 60.7 Å². The molecule has 3 aromatic carbocycles. The normalized spacial score (nSPS) is 10.3. The number of carbonyl (C=O) groups is 2. The minimum absolute atomic E-state index is 0.00253. The highest BCUT2D eigenvalue weighted by atomic mass is 35.5. The number of nitrogens with one attached hydrogen (secondary N) is 2.